The number of amides is 1. The normalized spacial score (nSPS) is 9.33. The summed E-state index contributed by atoms with van der Waals surface area (Å²) in [6, 6.07) is 4.04. The Kier molecular flexibility index (Phi) is 3.02. The van der Waals surface area contributed by atoms with Crippen molar-refractivity contribution in [2.45, 2.75) is 0 Å². The van der Waals surface area contributed by atoms with Crippen LogP contribution in [0.15, 0.2) is 31.0 Å². The fourth-order valence-electron chi connectivity index (χ4n) is 1.08. The second-order valence-electron chi connectivity index (χ2n) is 2.67. The molecule has 0 unspecified atom stereocenters. The lowest BCUT2D eigenvalue weighted by Gasteiger charge is -2.03. The Morgan fingerprint density at radius 3 is 2.80 bits per heavy atom. The fourth-order valence-corrected chi connectivity index (χ4v) is 1.08. The predicted octanol–water partition coefficient (Wildman–Crippen LogP) is 1.05. The topological polar surface area (TPSA) is 98.3 Å². The number of benzene rings is 1. The van der Waals surface area contributed by atoms with Crippen molar-refractivity contribution in [1.29, 1.82) is 0 Å². The van der Waals surface area contributed by atoms with Crippen molar-refractivity contribution in [1.82, 2.24) is 5.32 Å². The molecule has 1 aromatic carbocycles. The minimum Gasteiger partial charge on any atom is -0.393 e. The fraction of sp³-hybridized carbons (Fsp3) is 0. The highest BCUT2D eigenvalue weighted by Crippen LogP contribution is 2.24. The van der Waals surface area contributed by atoms with Crippen LogP contribution in [0.3, 0.4) is 0 Å². The van der Waals surface area contributed by atoms with E-state index in [1.165, 1.54) is 24.4 Å². The third kappa shape index (κ3) is 2.11. The molecule has 6 heteroatoms. The molecule has 0 saturated carbocycles. The molecule has 0 aliphatic carbocycles. The first-order chi connectivity index (χ1) is 7.07. The molecule has 0 fully saturated rings. The third-order valence-corrected chi connectivity index (χ3v) is 1.76. The molecule has 0 heterocycles. The second-order valence-corrected chi connectivity index (χ2v) is 2.67. The first kappa shape index (κ1) is 10.7. The SMILES string of the molecule is C=CNC(=O)c1cccc([N+](=O)[O-])c1N. The van der Waals surface area contributed by atoms with Crippen molar-refractivity contribution in [2.75, 3.05) is 5.73 Å². The van der Waals surface area contributed by atoms with Gasteiger partial charge in [-0.15, -0.1) is 0 Å². The van der Waals surface area contributed by atoms with Crippen molar-refractivity contribution >= 4 is 17.3 Å². The number of carbonyl (C=O) groups excluding carboxylic acids is 1. The van der Waals surface area contributed by atoms with E-state index in [1.54, 1.807) is 0 Å². The lowest BCUT2D eigenvalue weighted by molar-refractivity contribution is -0.383. The van der Waals surface area contributed by atoms with Gasteiger partial charge in [-0.1, -0.05) is 12.6 Å². The van der Waals surface area contributed by atoms with Crippen LogP contribution in [0, 0.1) is 10.1 Å². The molecular formula is C9H9N3O3. The van der Waals surface area contributed by atoms with E-state index in [-0.39, 0.29) is 16.9 Å². The summed E-state index contributed by atoms with van der Waals surface area (Å²) in [6.45, 7) is 3.31. The van der Waals surface area contributed by atoms with E-state index >= 15 is 0 Å². The van der Waals surface area contributed by atoms with Crippen LogP contribution in [0.5, 0.6) is 0 Å². The zero-order valence-corrected chi connectivity index (χ0v) is 7.77. The van der Waals surface area contributed by atoms with Gasteiger partial charge in [0.25, 0.3) is 11.6 Å². The number of rotatable bonds is 3. The molecule has 0 bridgehead atoms. The maximum absolute atomic E-state index is 11.4. The standard InChI is InChI=1S/C9H9N3O3/c1-2-11-9(13)6-4-3-5-7(8(6)10)12(14)15/h2-5H,1,10H2,(H,11,13). The van der Waals surface area contributed by atoms with Crippen molar-refractivity contribution in [3.63, 3.8) is 0 Å². The van der Waals surface area contributed by atoms with Gasteiger partial charge in [-0.25, -0.2) is 0 Å². The molecule has 0 saturated heterocycles. The molecule has 78 valence electrons. The van der Waals surface area contributed by atoms with Gasteiger partial charge < -0.3 is 11.1 Å². The average molecular weight is 207 g/mol. The van der Waals surface area contributed by atoms with Crippen molar-refractivity contribution < 1.29 is 9.72 Å². The summed E-state index contributed by atoms with van der Waals surface area (Å²) >= 11 is 0. The number of carbonyl (C=O) groups is 1. The molecule has 1 amide bonds. The highest BCUT2D eigenvalue weighted by atomic mass is 16.6. The summed E-state index contributed by atoms with van der Waals surface area (Å²) in [6.07, 6.45) is 1.18. The van der Waals surface area contributed by atoms with Gasteiger partial charge in [0.05, 0.1) is 10.5 Å². The molecule has 0 spiro atoms. The predicted molar refractivity (Wildman–Crippen MR) is 55.2 cm³/mol. The van der Waals surface area contributed by atoms with Gasteiger partial charge >= 0.3 is 0 Å². The number of nitro benzene ring substituents is 1. The quantitative estimate of drug-likeness (QED) is 0.439. The zero-order chi connectivity index (χ0) is 11.4. The summed E-state index contributed by atoms with van der Waals surface area (Å²) in [5, 5.41) is 12.8. The van der Waals surface area contributed by atoms with Crippen LogP contribution in [0.1, 0.15) is 10.4 Å². The summed E-state index contributed by atoms with van der Waals surface area (Å²) in [7, 11) is 0. The van der Waals surface area contributed by atoms with E-state index in [4.69, 9.17) is 5.73 Å². The number of nitrogens with zero attached hydrogens (tertiary/aromatic N) is 1. The average Bonchev–Trinajstić information content (AvgIpc) is 2.17. The van der Waals surface area contributed by atoms with Gasteiger partial charge in [-0.2, -0.15) is 0 Å². The maximum Gasteiger partial charge on any atom is 0.292 e. The summed E-state index contributed by atoms with van der Waals surface area (Å²) in [5.74, 6) is -0.522. The van der Waals surface area contributed by atoms with Crippen LogP contribution in [0.4, 0.5) is 11.4 Å². The lowest BCUT2D eigenvalue weighted by atomic mass is 10.1. The lowest BCUT2D eigenvalue weighted by Crippen LogP contribution is -2.18. The molecule has 6 nitrogen and oxygen atoms in total. The molecule has 0 aliphatic rings. The molecule has 0 aromatic heterocycles. The molecule has 0 atom stereocenters. The Hall–Kier alpha value is -2.37. The molecule has 1 aromatic rings. The second kappa shape index (κ2) is 4.23. The Balaban J connectivity index is 3.20. The van der Waals surface area contributed by atoms with Crippen LogP contribution < -0.4 is 11.1 Å². The summed E-state index contributed by atoms with van der Waals surface area (Å²) in [5.41, 5.74) is 5.10. The van der Waals surface area contributed by atoms with Crippen LogP contribution in [-0.4, -0.2) is 10.8 Å². The van der Waals surface area contributed by atoms with Gasteiger partial charge in [0.1, 0.15) is 5.69 Å². The molecule has 0 radical (unpaired) electrons. The van der Waals surface area contributed by atoms with E-state index in [1.807, 2.05) is 0 Å². The maximum atomic E-state index is 11.4. The highest BCUT2D eigenvalue weighted by molar-refractivity contribution is 6.01. The van der Waals surface area contributed by atoms with E-state index in [0.29, 0.717) is 0 Å². The smallest absolute Gasteiger partial charge is 0.292 e. The summed E-state index contributed by atoms with van der Waals surface area (Å²) in [4.78, 5) is 21.2. The number of nitrogen functional groups attached to an aromatic ring is 1. The number of hydrogen-bond acceptors (Lipinski definition) is 4. The number of nitro groups is 1. The van der Waals surface area contributed by atoms with E-state index in [9.17, 15) is 14.9 Å². The van der Waals surface area contributed by atoms with E-state index < -0.39 is 10.8 Å². The van der Waals surface area contributed by atoms with Crippen molar-refractivity contribution in [3.05, 3.63) is 46.7 Å². The van der Waals surface area contributed by atoms with Gasteiger partial charge in [0.2, 0.25) is 0 Å². The first-order valence-corrected chi connectivity index (χ1v) is 4.02. The van der Waals surface area contributed by atoms with Crippen LogP contribution in [0.2, 0.25) is 0 Å². The van der Waals surface area contributed by atoms with Crippen LogP contribution in [-0.2, 0) is 0 Å². The Bertz CT molecular complexity index is 429. The minimum atomic E-state index is -0.639. The number of para-hydroxylation sites is 1. The number of nitrogens with one attached hydrogen (secondary N) is 1. The molecule has 0 aliphatic heterocycles. The van der Waals surface area contributed by atoms with Gasteiger partial charge in [-0.3, -0.25) is 14.9 Å². The minimum absolute atomic E-state index is 0.0594. The van der Waals surface area contributed by atoms with Crippen LogP contribution in [0.25, 0.3) is 0 Å². The number of hydrogen-bond donors (Lipinski definition) is 2. The van der Waals surface area contributed by atoms with Crippen LogP contribution >= 0.6 is 0 Å². The number of nitrogens with two attached hydrogens (primary N) is 1. The summed E-state index contributed by atoms with van der Waals surface area (Å²) < 4.78 is 0. The molecule has 1 rings (SSSR count). The van der Waals surface area contributed by atoms with Crippen molar-refractivity contribution in [2.24, 2.45) is 0 Å². The first-order valence-electron chi connectivity index (χ1n) is 4.02. The Morgan fingerprint density at radius 1 is 1.60 bits per heavy atom. The van der Waals surface area contributed by atoms with E-state index in [2.05, 4.69) is 11.9 Å². The van der Waals surface area contributed by atoms with Gasteiger partial charge in [0.15, 0.2) is 0 Å². The zero-order valence-electron chi connectivity index (χ0n) is 7.77. The Morgan fingerprint density at radius 2 is 2.27 bits per heavy atom. The molecular weight excluding hydrogens is 198 g/mol. The van der Waals surface area contributed by atoms with E-state index in [0.717, 1.165) is 0 Å². The van der Waals surface area contributed by atoms with Gasteiger partial charge in [0, 0.05) is 6.07 Å². The number of anilines is 1. The highest BCUT2D eigenvalue weighted by Gasteiger charge is 2.17. The monoisotopic (exact) mass is 207 g/mol. The Labute approximate surface area is 85.5 Å². The molecule has 15 heavy (non-hydrogen) atoms. The van der Waals surface area contributed by atoms with Gasteiger partial charge in [-0.05, 0) is 12.3 Å². The largest absolute Gasteiger partial charge is 0.393 e. The van der Waals surface area contributed by atoms with Crippen molar-refractivity contribution in [3.8, 4) is 0 Å². The third-order valence-electron chi connectivity index (χ3n) is 1.76. The molecule has 3 N–H and O–H groups in total.